The van der Waals surface area contributed by atoms with E-state index in [1.807, 2.05) is 5.01 Å². The number of hydrazine groups is 1. The highest BCUT2D eigenvalue weighted by Crippen LogP contribution is 2.15. The second-order valence-electron chi connectivity index (χ2n) is 4.89. The Bertz CT molecular complexity index is 236. The molecular formula is C12H23N3O2. The third kappa shape index (κ3) is 4.61. The third-order valence-corrected chi connectivity index (χ3v) is 3.47. The van der Waals surface area contributed by atoms with Crippen LogP contribution in [0.25, 0.3) is 0 Å². The lowest BCUT2D eigenvalue weighted by atomic mass is 9.95. The topological polar surface area (TPSA) is 53.6 Å². The molecule has 2 aliphatic heterocycles. The van der Waals surface area contributed by atoms with Crippen LogP contribution < -0.4 is 10.7 Å². The molecule has 1 amide bonds. The van der Waals surface area contributed by atoms with Gasteiger partial charge >= 0.3 is 0 Å². The molecule has 0 aromatic heterocycles. The van der Waals surface area contributed by atoms with Crippen molar-refractivity contribution >= 4 is 5.91 Å². The lowest BCUT2D eigenvalue weighted by Crippen LogP contribution is -2.48. The van der Waals surface area contributed by atoms with Crippen LogP contribution in [0.3, 0.4) is 0 Å². The zero-order chi connectivity index (χ0) is 11.9. The number of morpholine rings is 1. The van der Waals surface area contributed by atoms with Gasteiger partial charge in [-0.05, 0) is 38.3 Å². The highest BCUT2D eigenvalue weighted by Gasteiger charge is 2.16. The van der Waals surface area contributed by atoms with Crippen LogP contribution in [-0.4, -0.2) is 50.3 Å². The number of piperidine rings is 1. The number of nitrogens with zero attached hydrogens (tertiary/aromatic N) is 1. The zero-order valence-electron chi connectivity index (χ0n) is 10.4. The number of rotatable bonds is 4. The van der Waals surface area contributed by atoms with E-state index in [-0.39, 0.29) is 5.91 Å². The first-order chi connectivity index (χ1) is 8.34. The molecule has 2 aliphatic rings. The second kappa shape index (κ2) is 6.93. The lowest BCUT2D eigenvalue weighted by Gasteiger charge is -2.27. The van der Waals surface area contributed by atoms with Gasteiger partial charge < -0.3 is 10.1 Å². The van der Waals surface area contributed by atoms with Gasteiger partial charge in [-0.2, -0.15) is 0 Å². The van der Waals surface area contributed by atoms with Gasteiger partial charge in [-0.3, -0.25) is 10.2 Å². The summed E-state index contributed by atoms with van der Waals surface area (Å²) in [5.74, 6) is 0.830. The predicted molar refractivity (Wildman–Crippen MR) is 65.4 cm³/mol. The summed E-state index contributed by atoms with van der Waals surface area (Å²) >= 11 is 0. The van der Waals surface area contributed by atoms with E-state index in [1.54, 1.807) is 0 Å². The maximum absolute atomic E-state index is 11.7. The van der Waals surface area contributed by atoms with Gasteiger partial charge in [-0.15, -0.1) is 0 Å². The number of nitrogens with one attached hydrogen (secondary N) is 2. The van der Waals surface area contributed by atoms with Gasteiger partial charge in [0.2, 0.25) is 5.91 Å². The number of hydrogen-bond acceptors (Lipinski definition) is 4. The highest BCUT2D eigenvalue weighted by atomic mass is 16.5. The van der Waals surface area contributed by atoms with Gasteiger partial charge in [0.25, 0.3) is 0 Å². The molecule has 2 saturated heterocycles. The molecule has 1 atom stereocenters. The molecule has 0 radical (unpaired) electrons. The maximum Gasteiger partial charge on any atom is 0.234 e. The van der Waals surface area contributed by atoms with E-state index in [0.717, 1.165) is 32.6 Å². The van der Waals surface area contributed by atoms with Crippen LogP contribution in [-0.2, 0) is 9.53 Å². The number of amides is 1. The molecule has 2 heterocycles. The van der Waals surface area contributed by atoms with Crippen LogP contribution in [0.2, 0.25) is 0 Å². The average Bonchev–Trinajstić information content (AvgIpc) is 2.39. The van der Waals surface area contributed by atoms with E-state index >= 15 is 0 Å². The summed E-state index contributed by atoms with van der Waals surface area (Å²) < 4.78 is 5.24. The van der Waals surface area contributed by atoms with Crippen LogP contribution in [0.15, 0.2) is 0 Å². The molecule has 5 nitrogen and oxygen atoms in total. The Hall–Kier alpha value is -0.650. The Labute approximate surface area is 103 Å². The lowest BCUT2D eigenvalue weighted by molar-refractivity contribution is -0.128. The Morgan fingerprint density at radius 2 is 2.24 bits per heavy atom. The third-order valence-electron chi connectivity index (χ3n) is 3.47. The first-order valence-electron chi connectivity index (χ1n) is 6.67. The fourth-order valence-corrected chi connectivity index (χ4v) is 2.41. The van der Waals surface area contributed by atoms with Crippen molar-refractivity contribution in [3.05, 3.63) is 0 Å². The molecule has 98 valence electrons. The number of hydrogen-bond donors (Lipinski definition) is 2. The van der Waals surface area contributed by atoms with Crippen molar-refractivity contribution in [2.75, 3.05) is 39.4 Å². The number of carbonyl (C=O) groups excluding carboxylic acids is 1. The van der Waals surface area contributed by atoms with Gasteiger partial charge in [0.1, 0.15) is 0 Å². The molecule has 2 fully saturated rings. The van der Waals surface area contributed by atoms with E-state index < -0.39 is 0 Å². The van der Waals surface area contributed by atoms with Crippen LogP contribution in [0.5, 0.6) is 0 Å². The van der Waals surface area contributed by atoms with Crippen molar-refractivity contribution in [2.24, 2.45) is 5.92 Å². The first kappa shape index (κ1) is 12.8. The van der Waals surface area contributed by atoms with Crippen molar-refractivity contribution in [3.63, 3.8) is 0 Å². The SMILES string of the molecule is O=C(CCC1CCCNC1)NN1CCOCC1. The summed E-state index contributed by atoms with van der Waals surface area (Å²) in [4.78, 5) is 11.7. The minimum Gasteiger partial charge on any atom is -0.379 e. The molecule has 0 aromatic carbocycles. The van der Waals surface area contributed by atoms with Crippen LogP contribution in [0, 0.1) is 5.92 Å². The van der Waals surface area contributed by atoms with Gasteiger partial charge in [0.05, 0.1) is 13.2 Å². The minimum atomic E-state index is 0.150. The van der Waals surface area contributed by atoms with Crippen LogP contribution >= 0.6 is 0 Å². The molecule has 2 N–H and O–H groups in total. The van der Waals surface area contributed by atoms with Gasteiger partial charge in [-0.1, -0.05) is 0 Å². The smallest absolute Gasteiger partial charge is 0.234 e. The molecule has 0 spiro atoms. The summed E-state index contributed by atoms with van der Waals surface area (Å²) in [5, 5.41) is 5.34. The molecule has 0 bridgehead atoms. The van der Waals surface area contributed by atoms with E-state index in [9.17, 15) is 4.79 Å². The average molecular weight is 241 g/mol. The summed E-state index contributed by atoms with van der Waals surface area (Å²) in [6.45, 7) is 5.24. The van der Waals surface area contributed by atoms with Gasteiger partial charge in [0.15, 0.2) is 0 Å². The van der Waals surface area contributed by atoms with Crippen molar-refractivity contribution in [1.29, 1.82) is 0 Å². The quantitative estimate of drug-likeness (QED) is 0.734. The summed E-state index contributed by atoms with van der Waals surface area (Å²) in [6.07, 6.45) is 4.15. The Morgan fingerprint density at radius 1 is 1.41 bits per heavy atom. The molecule has 0 aliphatic carbocycles. The van der Waals surface area contributed by atoms with Crippen molar-refractivity contribution in [3.8, 4) is 0 Å². The second-order valence-corrected chi connectivity index (χ2v) is 4.89. The van der Waals surface area contributed by atoms with Crippen LogP contribution in [0.4, 0.5) is 0 Å². The largest absolute Gasteiger partial charge is 0.379 e. The van der Waals surface area contributed by atoms with E-state index in [0.29, 0.717) is 25.6 Å². The summed E-state index contributed by atoms with van der Waals surface area (Å²) in [6, 6.07) is 0. The first-order valence-corrected chi connectivity index (χ1v) is 6.67. The minimum absolute atomic E-state index is 0.150. The van der Waals surface area contributed by atoms with Gasteiger partial charge in [-0.25, -0.2) is 5.01 Å². The zero-order valence-corrected chi connectivity index (χ0v) is 10.4. The molecular weight excluding hydrogens is 218 g/mol. The Balaban J connectivity index is 1.59. The molecule has 2 rings (SSSR count). The highest BCUT2D eigenvalue weighted by molar-refractivity contribution is 5.75. The van der Waals surface area contributed by atoms with E-state index in [1.165, 1.54) is 12.8 Å². The fourth-order valence-electron chi connectivity index (χ4n) is 2.41. The van der Waals surface area contributed by atoms with Crippen molar-refractivity contribution in [2.45, 2.75) is 25.7 Å². The van der Waals surface area contributed by atoms with Crippen molar-refractivity contribution < 1.29 is 9.53 Å². The molecule has 1 unspecified atom stereocenters. The molecule has 0 saturated carbocycles. The van der Waals surface area contributed by atoms with Crippen LogP contribution in [0.1, 0.15) is 25.7 Å². The Morgan fingerprint density at radius 3 is 2.94 bits per heavy atom. The summed E-state index contributed by atoms with van der Waals surface area (Å²) in [5.41, 5.74) is 2.95. The summed E-state index contributed by atoms with van der Waals surface area (Å²) in [7, 11) is 0. The van der Waals surface area contributed by atoms with Gasteiger partial charge in [0, 0.05) is 19.5 Å². The fraction of sp³-hybridized carbons (Fsp3) is 0.917. The van der Waals surface area contributed by atoms with Crippen molar-refractivity contribution in [1.82, 2.24) is 15.8 Å². The number of carbonyl (C=O) groups is 1. The molecule has 17 heavy (non-hydrogen) atoms. The van der Waals surface area contributed by atoms with E-state index in [2.05, 4.69) is 10.7 Å². The molecule has 5 heteroatoms. The number of ether oxygens (including phenoxy) is 1. The molecule has 0 aromatic rings. The normalized spacial score (nSPS) is 26.7. The predicted octanol–water partition coefficient (Wildman–Crippen LogP) is 0.130. The van der Waals surface area contributed by atoms with E-state index in [4.69, 9.17) is 4.74 Å². The standard InChI is InChI=1S/C12H23N3O2/c16-12(14-15-6-8-17-9-7-15)4-3-11-2-1-5-13-10-11/h11,13H,1-10H2,(H,14,16). The maximum atomic E-state index is 11.7. The Kier molecular flexibility index (Phi) is 5.22. The monoisotopic (exact) mass is 241 g/mol.